The zero-order valence-corrected chi connectivity index (χ0v) is 11.0. The van der Waals surface area contributed by atoms with Gasteiger partial charge in [-0.2, -0.15) is 0 Å². The zero-order valence-electron chi connectivity index (χ0n) is 8.68. The van der Waals surface area contributed by atoms with Gasteiger partial charge in [-0.05, 0) is 37.6 Å². The van der Waals surface area contributed by atoms with E-state index in [0.717, 1.165) is 11.3 Å². The van der Waals surface area contributed by atoms with E-state index in [1.165, 1.54) is 0 Å². The second-order valence-electron chi connectivity index (χ2n) is 4.42. The second-order valence-corrected chi connectivity index (χ2v) is 6.39. The molecule has 1 N–H and O–H groups in total. The summed E-state index contributed by atoms with van der Waals surface area (Å²) in [6.07, 6.45) is 0. The van der Waals surface area contributed by atoms with E-state index in [2.05, 4.69) is 19.2 Å². The minimum absolute atomic E-state index is 0.185. The fourth-order valence-electron chi connectivity index (χ4n) is 1.64. The van der Waals surface area contributed by atoms with E-state index < -0.39 is 0 Å². The smallest absolute Gasteiger partial charge is 0.0795 e. The molecule has 1 aromatic rings. The number of halogens is 2. The highest BCUT2D eigenvalue weighted by Crippen LogP contribution is 2.38. The summed E-state index contributed by atoms with van der Waals surface area (Å²) in [5, 5.41) is 5.25. The first-order valence-electron chi connectivity index (χ1n) is 4.82. The molecule has 1 atom stereocenters. The summed E-state index contributed by atoms with van der Waals surface area (Å²) >= 11 is 13.8. The van der Waals surface area contributed by atoms with Gasteiger partial charge >= 0.3 is 0 Å². The van der Waals surface area contributed by atoms with Gasteiger partial charge in [0.05, 0.1) is 5.37 Å². The van der Waals surface area contributed by atoms with Crippen LogP contribution in [0, 0.1) is 0 Å². The van der Waals surface area contributed by atoms with Crippen molar-refractivity contribution < 1.29 is 0 Å². The van der Waals surface area contributed by atoms with E-state index in [9.17, 15) is 0 Å². The molecule has 15 heavy (non-hydrogen) atoms. The predicted molar refractivity (Wildman–Crippen MR) is 68.9 cm³/mol. The molecule has 0 amide bonds. The number of hydrogen-bond donors (Lipinski definition) is 1. The van der Waals surface area contributed by atoms with Crippen molar-refractivity contribution in [1.82, 2.24) is 5.32 Å². The predicted octanol–water partition coefficient (Wildman–Crippen LogP) is 4.11. The topological polar surface area (TPSA) is 12.0 Å². The molecule has 1 saturated heterocycles. The van der Waals surface area contributed by atoms with Gasteiger partial charge in [-0.1, -0.05) is 23.2 Å². The summed E-state index contributed by atoms with van der Waals surface area (Å²) < 4.78 is 0. The largest absolute Gasteiger partial charge is 0.296 e. The lowest BCUT2D eigenvalue weighted by atomic mass is 10.1. The maximum atomic E-state index is 5.98. The molecule has 82 valence electrons. The normalized spacial score (nSPS) is 24.4. The lowest BCUT2D eigenvalue weighted by molar-refractivity contribution is 0.452. The van der Waals surface area contributed by atoms with Crippen LogP contribution in [0.1, 0.15) is 24.8 Å². The molecule has 0 aromatic heterocycles. The number of benzene rings is 1. The summed E-state index contributed by atoms with van der Waals surface area (Å²) in [5.41, 5.74) is 1.34. The molecule has 1 fully saturated rings. The van der Waals surface area contributed by atoms with Crippen LogP contribution < -0.4 is 5.32 Å². The Morgan fingerprint density at radius 1 is 1.27 bits per heavy atom. The minimum atomic E-state index is 0.185. The summed E-state index contributed by atoms with van der Waals surface area (Å²) in [5.74, 6) is 1.10. The van der Waals surface area contributed by atoms with Crippen molar-refractivity contribution in [3.8, 4) is 0 Å². The van der Waals surface area contributed by atoms with Crippen LogP contribution in [0.15, 0.2) is 18.2 Å². The maximum Gasteiger partial charge on any atom is 0.0795 e. The first kappa shape index (κ1) is 11.6. The molecule has 0 radical (unpaired) electrons. The average Bonchev–Trinajstić information content (AvgIpc) is 2.44. The monoisotopic (exact) mass is 261 g/mol. The Morgan fingerprint density at radius 3 is 2.33 bits per heavy atom. The van der Waals surface area contributed by atoms with Crippen LogP contribution in [-0.4, -0.2) is 11.3 Å². The molecule has 4 heteroatoms. The minimum Gasteiger partial charge on any atom is -0.296 e. The number of rotatable bonds is 1. The fourth-order valence-corrected chi connectivity index (χ4v) is 3.58. The number of hydrogen-bond acceptors (Lipinski definition) is 2. The van der Waals surface area contributed by atoms with Gasteiger partial charge in [0, 0.05) is 21.3 Å². The molecule has 0 aliphatic carbocycles. The third-order valence-corrected chi connectivity index (χ3v) is 4.37. The van der Waals surface area contributed by atoms with Gasteiger partial charge in [-0.3, -0.25) is 5.32 Å². The van der Waals surface area contributed by atoms with Gasteiger partial charge in [0.15, 0.2) is 0 Å². The molecule has 0 saturated carbocycles. The van der Waals surface area contributed by atoms with E-state index >= 15 is 0 Å². The summed E-state index contributed by atoms with van der Waals surface area (Å²) in [6, 6.07) is 5.70. The van der Waals surface area contributed by atoms with Crippen LogP contribution >= 0.6 is 35.0 Å². The average molecular weight is 262 g/mol. The Balaban J connectivity index is 2.24. The van der Waals surface area contributed by atoms with Gasteiger partial charge in [0.1, 0.15) is 0 Å². The Hall–Kier alpha value is 0.110. The summed E-state index contributed by atoms with van der Waals surface area (Å²) in [7, 11) is 0. The Kier molecular flexibility index (Phi) is 3.22. The third kappa shape index (κ3) is 2.82. The molecule has 1 aromatic carbocycles. The zero-order chi connectivity index (χ0) is 11.1. The highest BCUT2D eigenvalue weighted by molar-refractivity contribution is 7.99. The highest BCUT2D eigenvalue weighted by atomic mass is 35.5. The first-order valence-corrected chi connectivity index (χ1v) is 6.62. The maximum absolute atomic E-state index is 5.98. The van der Waals surface area contributed by atoms with Gasteiger partial charge in [-0.25, -0.2) is 0 Å². The van der Waals surface area contributed by atoms with Crippen LogP contribution in [0.2, 0.25) is 10.0 Å². The third-order valence-electron chi connectivity index (χ3n) is 2.32. The SMILES string of the molecule is CC1(C)CSC(c2cc(Cl)cc(Cl)c2)N1. The molecule has 1 aliphatic rings. The molecule has 0 spiro atoms. The molecular formula is C11H13Cl2NS. The van der Waals surface area contributed by atoms with E-state index in [1.54, 1.807) is 6.07 Å². The van der Waals surface area contributed by atoms with E-state index in [1.807, 2.05) is 23.9 Å². The summed E-state index contributed by atoms with van der Waals surface area (Å²) in [4.78, 5) is 0. The summed E-state index contributed by atoms with van der Waals surface area (Å²) in [6.45, 7) is 4.40. The van der Waals surface area contributed by atoms with Crippen LogP contribution in [0.3, 0.4) is 0 Å². The fraction of sp³-hybridized carbons (Fsp3) is 0.455. The van der Waals surface area contributed by atoms with Crippen LogP contribution in [0.5, 0.6) is 0 Å². The van der Waals surface area contributed by atoms with Crippen molar-refractivity contribution in [2.45, 2.75) is 24.8 Å². The lowest BCUT2D eigenvalue weighted by Gasteiger charge is -2.19. The van der Waals surface area contributed by atoms with Crippen molar-refractivity contribution in [2.24, 2.45) is 0 Å². The molecule has 1 nitrogen and oxygen atoms in total. The highest BCUT2D eigenvalue weighted by Gasteiger charge is 2.31. The van der Waals surface area contributed by atoms with Gasteiger partial charge in [-0.15, -0.1) is 11.8 Å². The van der Waals surface area contributed by atoms with Crippen molar-refractivity contribution in [2.75, 3.05) is 5.75 Å². The quantitative estimate of drug-likeness (QED) is 0.817. The van der Waals surface area contributed by atoms with E-state index in [4.69, 9.17) is 23.2 Å². The Morgan fingerprint density at radius 2 is 1.87 bits per heavy atom. The first-order chi connectivity index (χ1) is 6.96. The Labute approximate surface area is 105 Å². The molecule has 2 rings (SSSR count). The van der Waals surface area contributed by atoms with Crippen LogP contribution in [0.25, 0.3) is 0 Å². The van der Waals surface area contributed by atoms with E-state index in [0.29, 0.717) is 15.4 Å². The van der Waals surface area contributed by atoms with Gasteiger partial charge < -0.3 is 0 Å². The van der Waals surface area contributed by atoms with Crippen molar-refractivity contribution in [3.63, 3.8) is 0 Å². The van der Waals surface area contributed by atoms with Gasteiger partial charge in [0.25, 0.3) is 0 Å². The second kappa shape index (κ2) is 4.17. The van der Waals surface area contributed by atoms with Crippen molar-refractivity contribution in [1.29, 1.82) is 0 Å². The van der Waals surface area contributed by atoms with Gasteiger partial charge in [0.2, 0.25) is 0 Å². The molecule has 1 unspecified atom stereocenters. The van der Waals surface area contributed by atoms with Crippen molar-refractivity contribution in [3.05, 3.63) is 33.8 Å². The van der Waals surface area contributed by atoms with Crippen LogP contribution in [0.4, 0.5) is 0 Å². The van der Waals surface area contributed by atoms with Crippen LogP contribution in [-0.2, 0) is 0 Å². The molecular weight excluding hydrogens is 249 g/mol. The standard InChI is InChI=1S/C11H13Cl2NS/c1-11(2)6-15-10(14-11)7-3-8(12)5-9(13)4-7/h3-5,10,14H,6H2,1-2H3. The Bertz CT molecular complexity index is 359. The molecule has 1 heterocycles. The van der Waals surface area contributed by atoms with Crippen molar-refractivity contribution >= 4 is 35.0 Å². The lowest BCUT2D eigenvalue weighted by Crippen LogP contribution is -2.35. The molecule has 1 aliphatic heterocycles. The number of nitrogens with one attached hydrogen (secondary N) is 1. The van der Waals surface area contributed by atoms with E-state index in [-0.39, 0.29) is 5.54 Å². The molecule has 0 bridgehead atoms. The number of thioether (sulfide) groups is 1.